The van der Waals surface area contributed by atoms with Crippen molar-refractivity contribution in [2.45, 2.75) is 37.9 Å². The monoisotopic (exact) mass is 467 g/mol. The lowest BCUT2D eigenvalue weighted by Crippen LogP contribution is -2.44. The smallest absolute Gasteiger partial charge is 0.191 e. The molecule has 1 aliphatic heterocycles. The first-order valence-electron chi connectivity index (χ1n) is 8.99. The Morgan fingerprint density at radius 3 is 2.77 bits per heavy atom. The molecule has 1 atom stereocenters. The van der Waals surface area contributed by atoms with Crippen molar-refractivity contribution in [1.82, 2.24) is 30.3 Å². The molecule has 0 bridgehead atoms. The Hall–Kier alpha value is -1.68. The first-order chi connectivity index (χ1) is 12.3. The normalized spacial score (nSPS) is 20.7. The third-order valence-corrected chi connectivity index (χ3v) is 4.91. The van der Waals surface area contributed by atoms with Crippen molar-refractivity contribution in [3.63, 3.8) is 0 Å². The van der Waals surface area contributed by atoms with Gasteiger partial charge >= 0.3 is 0 Å². The van der Waals surface area contributed by atoms with Gasteiger partial charge in [0.1, 0.15) is 6.33 Å². The Kier molecular flexibility index (Phi) is 6.47. The molecule has 1 saturated carbocycles. The van der Waals surface area contributed by atoms with Crippen LogP contribution in [0, 0.1) is 0 Å². The fourth-order valence-electron chi connectivity index (χ4n) is 3.41. The fraction of sp³-hybridized carbons (Fsp3) is 0.500. The second-order valence-corrected chi connectivity index (χ2v) is 6.73. The number of benzene rings is 1. The van der Waals surface area contributed by atoms with E-state index in [4.69, 9.17) is 0 Å². The molecule has 1 aliphatic carbocycles. The molecule has 2 N–H and O–H groups in total. The van der Waals surface area contributed by atoms with E-state index in [0.29, 0.717) is 12.6 Å². The number of para-hydroxylation sites is 1. The lowest BCUT2D eigenvalue weighted by molar-refractivity contribution is 0.321. The van der Waals surface area contributed by atoms with Crippen molar-refractivity contribution in [3.05, 3.63) is 42.5 Å². The molecule has 7 nitrogen and oxygen atoms in total. The molecule has 26 heavy (non-hydrogen) atoms. The van der Waals surface area contributed by atoms with Crippen molar-refractivity contribution >= 4 is 29.9 Å². The Bertz CT molecular complexity index is 726. The summed E-state index contributed by atoms with van der Waals surface area (Å²) in [6.45, 7) is 2.89. The van der Waals surface area contributed by atoms with Gasteiger partial charge in [-0.1, -0.05) is 18.2 Å². The molecule has 1 aromatic carbocycles. The Morgan fingerprint density at radius 1 is 1.23 bits per heavy atom. The number of hydrogen-bond donors (Lipinski definition) is 2. The summed E-state index contributed by atoms with van der Waals surface area (Å²) in [4.78, 5) is 6.95. The summed E-state index contributed by atoms with van der Waals surface area (Å²) < 4.78 is 1.99. The van der Waals surface area contributed by atoms with Crippen LogP contribution >= 0.6 is 24.0 Å². The zero-order valence-corrected chi connectivity index (χ0v) is 17.3. The minimum absolute atomic E-state index is 0. The quantitative estimate of drug-likeness (QED) is 0.399. The van der Waals surface area contributed by atoms with E-state index in [1.165, 1.54) is 25.8 Å². The number of halogens is 1. The molecule has 1 aromatic heterocycles. The van der Waals surface area contributed by atoms with Crippen LogP contribution in [0.3, 0.4) is 0 Å². The Balaban J connectivity index is 0.00000196. The van der Waals surface area contributed by atoms with Gasteiger partial charge in [-0.25, -0.2) is 0 Å². The van der Waals surface area contributed by atoms with Crippen LogP contribution < -0.4 is 10.6 Å². The average molecular weight is 467 g/mol. The fourth-order valence-corrected chi connectivity index (χ4v) is 3.41. The lowest BCUT2D eigenvalue weighted by atomic mass is 10.3. The van der Waals surface area contributed by atoms with Gasteiger partial charge in [-0.2, -0.15) is 0 Å². The number of aromatic nitrogens is 3. The van der Waals surface area contributed by atoms with Crippen molar-refractivity contribution in [3.8, 4) is 5.69 Å². The number of nitrogens with one attached hydrogen (secondary N) is 2. The van der Waals surface area contributed by atoms with Crippen molar-refractivity contribution in [1.29, 1.82) is 0 Å². The first kappa shape index (κ1) is 19.1. The van der Waals surface area contributed by atoms with Crippen LogP contribution in [0.4, 0.5) is 0 Å². The lowest BCUT2D eigenvalue weighted by Gasteiger charge is -2.18. The predicted molar refractivity (Wildman–Crippen MR) is 113 cm³/mol. The van der Waals surface area contributed by atoms with E-state index in [0.717, 1.165) is 30.1 Å². The van der Waals surface area contributed by atoms with Crippen LogP contribution in [0.25, 0.3) is 5.69 Å². The third-order valence-electron chi connectivity index (χ3n) is 4.91. The number of rotatable bonds is 5. The van der Waals surface area contributed by atoms with Crippen LogP contribution in [0.2, 0.25) is 0 Å². The van der Waals surface area contributed by atoms with Gasteiger partial charge in [-0.05, 0) is 31.4 Å². The molecular formula is C18H26IN7. The molecule has 8 heteroatoms. The van der Waals surface area contributed by atoms with Crippen LogP contribution in [0.5, 0.6) is 0 Å². The highest BCUT2D eigenvalue weighted by Crippen LogP contribution is 2.29. The number of guanidine groups is 1. The topological polar surface area (TPSA) is 70.4 Å². The van der Waals surface area contributed by atoms with E-state index in [1.807, 2.05) is 41.9 Å². The highest BCUT2D eigenvalue weighted by molar-refractivity contribution is 14.0. The summed E-state index contributed by atoms with van der Waals surface area (Å²) in [5.41, 5.74) is 1.06. The summed E-state index contributed by atoms with van der Waals surface area (Å²) in [6, 6.07) is 11.4. The highest BCUT2D eigenvalue weighted by atomic mass is 127. The van der Waals surface area contributed by atoms with Crippen LogP contribution in [-0.2, 0) is 6.54 Å². The second kappa shape index (κ2) is 8.81. The van der Waals surface area contributed by atoms with Crippen molar-refractivity contribution < 1.29 is 0 Å². The van der Waals surface area contributed by atoms with Gasteiger partial charge < -0.3 is 10.6 Å². The van der Waals surface area contributed by atoms with Gasteiger partial charge in [-0.15, -0.1) is 34.2 Å². The maximum Gasteiger partial charge on any atom is 0.191 e. The Morgan fingerprint density at radius 2 is 2.04 bits per heavy atom. The van der Waals surface area contributed by atoms with E-state index in [9.17, 15) is 0 Å². The second-order valence-electron chi connectivity index (χ2n) is 6.73. The molecule has 0 radical (unpaired) electrons. The molecule has 2 heterocycles. The van der Waals surface area contributed by atoms with Gasteiger partial charge in [0.25, 0.3) is 0 Å². The molecule has 0 spiro atoms. The molecule has 0 amide bonds. The number of hydrogen-bond acceptors (Lipinski definition) is 4. The van der Waals surface area contributed by atoms with E-state index < -0.39 is 0 Å². The highest BCUT2D eigenvalue weighted by Gasteiger charge is 2.34. The minimum Gasteiger partial charge on any atom is -0.352 e. The van der Waals surface area contributed by atoms with E-state index in [-0.39, 0.29) is 24.0 Å². The number of aliphatic imine (C=N–C) groups is 1. The summed E-state index contributed by atoms with van der Waals surface area (Å²) in [7, 11) is 1.81. The van der Waals surface area contributed by atoms with Gasteiger partial charge in [0.2, 0.25) is 0 Å². The zero-order valence-electron chi connectivity index (χ0n) is 15.0. The van der Waals surface area contributed by atoms with Crippen LogP contribution in [0.15, 0.2) is 41.7 Å². The van der Waals surface area contributed by atoms with Crippen molar-refractivity contribution in [2.24, 2.45) is 4.99 Å². The summed E-state index contributed by atoms with van der Waals surface area (Å²) in [5, 5.41) is 15.2. The molecule has 1 unspecified atom stereocenters. The van der Waals surface area contributed by atoms with E-state index in [2.05, 4.69) is 30.7 Å². The first-order valence-corrected chi connectivity index (χ1v) is 8.99. The Labute approximate surface area is 171 Å². The summed E-state index contributed by atoms with van der Waals surface area (Å²) in [5.74, 6) is 1.69. The summed E-state index contributed by atoms with van der Waals surface area (Å²) in [6.07, 6.45) is 5.66. The predicted octanol–water partition coefficient (Wildman–Crippen LogP) is 1.79. The molecule has 1 saturated heterocycles. The molecule has 2 fully saturated rings. The summed E-state index contributed by atoms with van der Waals surface area (Å²) >= 11 is 0. The molecule has 4 rings (SSSR count). The minimum atomic E-state index is 0. The van der Waals surface area contributed by atoms with Crippen LogP contribution in [-0.4, -0.2) is 57.8 Å². The molecule has 140 valence electrons. The standard InChI is InChI=1S/C18H25N7.HI/c1-19-18(22-14-9-10-24(12-14)15-7-8-15)20-11-17-23-21-13-25(17)16-5-3-2-4-6-16;/h2-6,13-15H,7-12H2,1H3,(H2,19,20,22);1H. The molecule has 2 aliphatic rings. The zero-order chi connectivity index (χ0) is 17.1. The van der Waals surface area contributed by atoms with Crippen molar-refractivity contribution in [2.75, 3.05) is 20.1 Å². The molecule has 2 aromatic rings. The van der Waals surface area contributed by atoms with Gasteiger partial charge in [0.15, 0.2) is 11.8 Å². The average Bonchev–Trinajstić information content (AvgIpc) is 3.22. The van der Waals surface area contributed by atoms with Crippen LogP contribution in [0.1, 0.15) is 25.1 Å². The third kappa shape index (κ3) is 4.53. The van der Waals surface area contributed by atoms with E-state index in [1.54, 1.807) is 6.33 Å². The maximum atomic E-state index is 4.36. The number of likely N-dealkylation sites (tertiary alicyclic amines) is 1. The maximum absolute atomic E-state index is 4.36. The van der Waals surface area contributed by atoms with E-state index >= 15 is 0 Å². The van der Waals surface area contributed by atoms with Gasteiger partial charge in [0, 0.05) is 37.9 Å². The molecular weight excluding hydrogens is 441 g/mol. The largest absolute Gasteiger partial charge is 0.352 e. The number of nitrogens with zero attached hydrogens (tertiary/aromatic N) is 5. The van der Waals surface area contributed by atoms with Gasteiger partial charge in [-0.3, -0.25) is 14.5 Å². The SMILES string of the molecule is CN=C(NCc1nncn1-c1ccccc1)NC1CCN(C2CC2)C1.I. The van der Waals surface area contributed by atoms with Gasteiger partial charge in [0.05, 0.1) is 6.54 Å².